The summed E-state index contributed by atoms with van der Waals surface area (Å²) in [5, 5.41) is 9.56. The summed E-state index contributed by atoms with van der Waals surface area (Å²) in [5.74, 6) is -1.24. The maximum atomic E-state index is 12.8. The molecule has 0 spiro atoms. The smallest absolute Gasteiger partial charge is 0.337 e. The number of rotatable bonds is 5. The number of aromatic carboxylic acids is 1. The first kappa shape index (κ1) is 17.3. The lowest BCUT2D eigenvalue weighted by Crippen LogP contribution is -2.32. The second-order valence-corrected chi connectivity index (χ2v) is 7.25. The van der Waals surface area contributed by atoms with E-state index in [9.17, 15) is 18.3 Å². The number of carbonyl (C=O) groups is 1. The van der Waals surface area contributed by atoms with Crippen LogP contribution in [0.5, 0.6) is 0 Å². The number of sulfonamides is 1. The van der Waals surface area contributed by atoms with Crippen LogP contribution in [0.1, 0.15) is 22.8 Å². The van der Waals surface area contributed by atoms with E-state index >= 15 is 0 Å². The molecule has 7 heteroatoms. The van der Waals surface area contributed by atoms with E-state index in [2.05, 4.69) is 0 Å². The Morgan fingerprint density at radius 1 is 1.17 bits per heavy atom. The molecular weight excluding hydrogens is 338 g/mol. The van der Waals surface area contributed by atoms with Gasteiger partial charge in [0.1, 0.15) is 0 Å². The Hall–Kier alpha value is -2.05. The molecular formula is C16H16ClNO4S. The molecule has 0 bridgehead atoms. The SMILES string of the molecule is CCN(c1ccc(Cl)cc1C(=O)O)S(=O)(=O)c1ccc(C)cc1. The van der Waals surface area contributed by atoms with Gasteiger partial charge in [-0.05, 0) is 44.2 Å². The molecule has 0 aliphatic heterocycles. The summed E-state index contributed by atoms with van der Waals surface area (Å²) in [6.45, 7) is 3.60. The second kappa shape index (κ2) is 6.60. The van der Waals surface area contributed by atoms with E-state index in [1.54, 1.807) is 19.1 Å². The van der Waals surface area contributed by atoms with Gasteiger partial charge >= 0.3 is 5.97 Å². The maximum Gasteiger partial charge on any atom is 0.337 e. The van der Waals surface area contributed by atoms with Crippen molar-refractivity contribution in [1.82, 2.24) is 0 Å². The first-order chi connectivity index (χ1) is 10.8. The summed E-state index contributed by atoms with van der Waals surface area (Å²) in [6.07, 6.45) is 0. The van der Waals surface area contributed by atoms with Crippen LogP contribution in [0, 0.1) is 6.92 Å². The molecule has 0 fully saturated rings. The van der Waals surface area contributed by atoms with Crippen molar-refractivity contribution < 1.29 is 18.3 Å². The van der Waals surface area contributed by atoms with Gasteiger partial charge in [-0.25, -0.2) is 13.2 Å². The van der Waals surface area contributed by atoms with Crippen LogP contribution in [0.15, 0.2) is 47.4 Å². The highest BCUT2D eigenvalue weighted by atomic mass is 35.5. The number of aryl methyl sites for hydroxylation is 1. The minimum Gasteiger partial charge on any atom is -0.478 e. The quantitative estimate of drug-likeness (QED) is 0.891. The Bertz CT molecular complexity index is 832. The number of halogens is 1. The molecule has 0 aromatic heterocycles. The minimum absolute atomic E-state index is 0.0879. The Morgan fingerprint density at radius 3 is 2.30 bits per heavy atom. The molecule has 2 aromatic carbocycles. The van der Waals surface area contributed by atoms with E-state index in [0.717, 1.165) is 9.87 Å². The number of carboxylic acid groups (broad SMARTS) is 1. The zero-order valence-electron chi connectivity index (χ0n) is 12.7. The monoisotopic (exact) mass is 353 g/mol. The lowest BCUT2D eigenvalue weighted by Gasteiger charge is -2.24. The van der Waals surface area contributed by atoms with Crippen LogP contribution in [-0.4, -0.2) is 26.0 Å². The highest BCUT2D eigenvalue weighted by Crippen LogP contribution is 2.29. The first-order valence-electron chi connectivity index (χ1n) is 6.89. The predicted octanol–water partition coefficient (Wildman–Crippen LogP) is 3.56. The van der Waals surface area contributed by atoms with Crippen molar-refractivity contribution in [2.24, 2.45) is 0 Å². The van der Waals surface area contributed by atoms with Crippen LogP contribution in [0.2, 0.25) is 5.02 Å². The van der Waals surface area contributed by atoms with E-state index in [1.807, 2.05) is 6.92 Å². The fourth-order valence-corrected chi connectivity index (χ4v) is 3.87. The minimum atomic E-state index is -3.86. The molecule has 0 unspecified atom stereocenters. The van der Waals surface area contributed by atoms with Gasteiger partial charge in [0.25, 0.3) is 10.0 Å². The van der Waals surface area contributed by atoms with E-state index in [1.165, 1.54) is 30.3 Å². The van der Waals surface area contributed by atoms with Crippen LogP contribution in [0.4, 0.5) is 5.69 Å². The zero-order valence-corrected chi connectivity index (χ0v) is 14.2. The Labute approximate surface area is 140 Å². The molecule has 0 aliphatic rings. The molecule has 122 valence electrons. The number of anilines is 1. The number of carboxylic acids is 1. The highest BCUT2D eigenvalue weighted by Gasteiger charge is 2.27. The lowest BCUT2D eigenvalue weighted by molar-refractivity contribution is 0.0698. The Balaban J connectivity index is 2.60. The van der Waals surface area contributed by atoms with Crippen molar-refractivity contribution in [3.05, 3.63) is 58.6 Å². The van der Waals surface area contributed by atoms with Crippen LogP contribution < -0.4 is 4.31 Å². The van der Waals surface area contributed by atoms with Crippen molar-refractivity contribution in [2.45, 2.75) is 18.7 Å². The third kappa shape index (κ3) is 3.48. The number of hydrogen-bond acceptors (Lipinski definition) is 3. The summed E-state index contributed by atoms with van der Waals surface area (Å²) in [4.78, 5) is 11.5. The van der Waals surface area contributed by atoms with Crippen molar-refractivity contribution in [3.8, 4) is 0 Å². The maximum absolute atomic E-state index is 12.8. The van der Waals surface area contributed by atoms with Crippen molar-refractivity contribution in [2.75, 3.05) is 10.8 Å². The van der Waals surface area contributed by atoms with Gasteiger partial charge < -0.3 is 5.11 Å². The number of benzene rings is 2. The van der Waals surface area contributed by atoms with Crippen LogP contribution >= 0.6 is 11.6 Å². The topological polar surface area (TPSA) is 74.7 Å². The van der Waals surface area contributed by atoms with Gasteiger partial charge in [-0.15, -0.1) is 0 Å². The molecule has 0 atom stereocenters. The molecule has 2 rings (SSSR count). The summed E-state index contributed by atoms with van der Waals surface area (Å²) in [5.41, 5.74) is 0.865. The van der Waals surface area contributed by atoms with Gasteiger partial charge in [-0.1, -0.05) is 29.3 Å². The van der Waals surface area contributed by atoms with Crippen molar-refractivity contribution in [1.29, 1.82) is 0 Å². The van der Waals surface area contributed by atoms with E-state index < -0.39 is 16.0 Å². The van der Waals surface area contributed by atoms with E-state index in [-0.39, 0.29) is 27.7 Å². The van der Waals surface area contributed by atoms with Gasteiger partial charge in [0, 0.05) is 11.6 Å². The molecule has 0 amide bonds. The van der Waals surface area contributed by atoms with E-state index in [0.29, 0.717) is 0 Å². The molecule has 1 N–H and O–H groups in total. The summed E-state index contributed by atoms with van der Waals surface area (Å²) >= 11 is 5.83. The van der Waals surface area contributed by atoms with Crippen LogP contribution in [0.3, 0.4) is 0 Å². The van der Waals surface area contributed by atoms with Crippen LogP contribution in [-0.2, 0) is 10.0 Å². The van der Waals surface area contributed by atoms with Gasteiger partial charge in [-0.2, -0.15) is 0 Å². The average molecular weight is 354 g/mol. The standard InChI is InChI=1S/C16H16ClNO4S/c1-3-18(15-9-6-12(17)10-14(15)16(19)20)23(21,22)13-7-4-11(2)5-8-13/h4-10H,3H2,1-2H3,(H,19,20). The molecule has 0 heterocycles. The molecule has 5 nitrogen and oxygen atoms in total. The third-order valence-corrected chi connectivity index (χ3v) is 5.49. The van der Waals surface area contributed by atoms with Crippen LogP contribution in [0.25, 0.3) is 0 Å². The van der Waals surface area contributed by atoms with Gasteiger partial charge in [0.2, 0.25) is 0 Å². The molecule has 0 aliphatic carbocycles. The summed E-state index contributed by atoms with van der Waals surface area (Å²) in [6, 6.07) is 10.5. The number of hydrogen-bond donors (Lipinski definition) is 1. The fraction of sp³-hybridized carbons (Fsp3) is 0.188. The number of nitrogens with zero attached hydrogens (tertiary/aromatic N) is 1. The fourth-order valence-electron chi connectivity index (χ4n) is 2.20. The molecule has 23 heavy (non-hydrogen) atoms. The highest BCUT2D eigenvalue weighted by molar-refractivity contribution is 7.92. The largest absolute Gasteiger partial charge is 0.478 e. The first-order valence-corrected chi connectivity index (χ1v) is 8.71. The van der Waals surface area contributed by atoms with Gasteiger partial charge in [-0.3, -0.25) is 4.31 Å². The molecule has 2 aromatic rings. The normalized spacial score (nSPS) is 11.3. The summed E-state index contributed by atoms with van der Waals surface area (Å²) < 4.78 is 26.7. The zero-order chi connectivity index (χ0) is 17.2. The molecule has 0 radical (unpaired) electrons. The predicted molar refractivity (Wildman–Crippen MR) is 89.8 cm³/mol. The third-order valence-electron chi connectivity index (χ3n) is 3.35. The van der Waals surface area contributed by atoms with Crippen molar-refractivity contribution >= 4 is 33.3 Å². The average Bonchev–Trinajstić information content (AvgIpc) is 2.49. The second-order valence-electron chi connectivity index (χ2n) is 4.95. The Morgan fingerprint density at radius 2 is 1.78 bits per heavy atom. The molecule has 0 saturated carbocycles. The van der Waals surface area contributed by atoms with Gasteiger partial charge in [0.15, 0.2) is 0 Å². The molecule has 0 saturated heterocycles. The Kier molecular flexibility index (Phi) is 4.97. The van der Waals surface area contributed by atoms with Gasteiger partial charge in [0.05, 0.1) is 16.1 Å². The van der Waals surface area contributed by atoms with Crippen molar-refractivity contribution in [3.63, 3.8) is 0 Å². The lowest BCUT2D eigenvalue weighted by atomic mass is 10.2. The summed E-state index contributed by atoms with van der Waals surface area (Å²) in [7, 11) is -3.86. The van der Waals surface area contributed by atoms with E-state index in [4.69, 9.17) is 11.6 Å².